The molecule has 3 heterocycles. The van der Waals surface area contributed by atoms with Crippen molar-refractivity contribution in [3.05, 3.63) is 40.6 Å². The van der Waals surface area contributed by atoms with Crippen molar-refractivity contribution in [1.29, 1.82) is 0 Å². The lowest BCUT2D eigenvalue weighted by atomic mass is 10.2. The Hall–Kier alpha value is -1.94. The van der Waals surface area contributed by atoms with E-state index < -0.39 is 10.0 Å². The van der Waals surface area contributed by atoms with E-state index in [1.807, 2.05) is 23.6 Å². The number of benzene rings is 1. The van der Waals surface area contributed by atoms with E-state index in [0.717, 1.165) is 36.5 Å². The van der Waals surface area contributed by atoms with Crippen LogP contribution < -0.4 is 10.2 Å². The van der Waals surface area contributed by atoms with Gasteiger partial charge in [0.1, 0.15) is 0 Å². The van der Waals surface area contributed by atoms with Crippen LogP contribution in [-0.2, 0) is 26.0 Å². The Labute approximate surface area is 188 Å². The Balaban J connectivity index is 1.63. The van der Waals surface area contributed by atoms with Crippen LogP contribution in [0.3, 0.4) is 0 Å². The highest BCUT2D eigenvalue weighted by molar-refractivity contribution is 7.89. The normalized spacial score (nSPS) is 18.5. The minimum atomic E-state index is -3.64. The molecule has 0 radical (unpaired) electrons. The molecule has 1 N–H and O–H groups in total. The van der Waals surface area contributed by atoms with E-state index in [4.69, 9.17) is 4.74 Å². The molecule has 0 bridgehead atoms. The van der Waals surface area contributed by atoms with Crippen LogP contribution in [0.1, 0.15) is 30.6 Å². The maximum atomic E-state index is 13.2. The molecule has 31 heavy (non-hydrogen) atoms. The van der Waals surface area contributed by atoms with E-state index in [1.54, 1.807) is 12.1 Å². The number of rotatable bonds is 6. The summed E-state index contributed by atoms with van der Waals surface area (Å²) >= 11 is 1.54. The number of nitrogens with one attached hydrogen (secondary N) is 1. The van der Waals surface area contributed by atoms with Crippen molar-refractivity contribution in [1.82, 2.24) is 4.31 Å². The molecule has 1 aromatic carbocycles. The van der Waals surface area contributed by atoms with Crippen molar-refractivity contribution in [2.45, 2.75) is 37.0 Å². The summed E-state index contributed by atoms with van der Waals surface area (Å²) in [5.41, 5.74) is 1.46. The number of hydrogen-bond donors (Lipinski definition) is 1. The molecular weight excluding hydrogens is 434 g/mol. The molecule has 0 spiro atoms. The molecule has 4 rings (SSSR count). The van der Waals surface area contributed by atoms with Crippen LogP contribution in [0.5, 0.6) is 0 Å². The molecule has 0 saturated carbocycles. The van der Waals surface area contributed by atoms with Crippen LogP contribution in [-0.4, -0.2) is 58.0 Å². The lowest BCUT2D eigenvalue weighted by molar-refractivity contribution is -0.115. The standard InChI is InChI=1S/C22H29N3O4S2/c26-22(16-18-6-5-15-30-18)23-20-17-19(31(27,28)25-11-13-29-14-12-25)7-8-21(20)24-9-3-1-2-4-10-24/h5-8,15,17H,1-4,9-14,16H2,(H,23,26). The predicted molar refractivity (Wildman–Crippen MR) is 123 cm³/mol. The van der Waals surface area contributed by atoms with Crippen LogP contribution in [0.25, 0.3) is 0 Å². The first-order valence-corrected chi connectivity index (χ1v) is 13.2. The van der Waals surface area contributed by atoms with Crippen LogP contribution in [0.2, 0.25) is 0 Å². The van der Waals surface area contributed by atoms with Gasteiger partial charge in [0, 0.05) is 31.1 Å². The minimum Gasteiger partial charge on any atom is -0.379 e. The van der Waals surface area contributed by atoms with E-state index >= 15 is 0 Å². The SMILES string of the molecule is O=C(Cc1cccs1)Nc1cc(S(=O)(=O)N2CCOCC2)ccc1N1CCCCCC1. The summed E-state index contributed by atoms with van der Waals surface area (Å²) in [6, 6.07) is 8.99. The van der Waals surface area contributed by atoms with Crippen LogP contribution in [0, 0.1) is 0 Å². The van der Waals surface area contributed by atoms with Crippen molar-refractivity contribution >= 4 is 38.6 Å². The van der Waals surface area contributed by atoms with Gasteiger partial charge in [-0.05, 0) is 42.5 Å². The van der Waals surface area contributed by atoms with Gasteiger partial charge in [-0.25, -0.2) is 8.42 Å². The lowest BCUT2D eigenvalue weighted by Crippen LogP contribution is -2.40. The highest BCUT2D eigenvalue weighted by atomic mass is 32.2. The van der Waals surface area contributed by atoms with Crippen molar-refractivity contribution in [2.24, 2.45) is 0 Å². The molecule has 168 valence electrons. The molecule has 0 aliphatic carbocycles. The number of sulfonamides is 1. The number of nitrogens with zero attached hydrogens (tertiary/aromatic N) is 2. The third-order valence-electron chi connectivity index (χ3n) is 5.71. The molecule has 0 unspecified atom stereocenters. The van der Waals surface area contributed by atoms with Crippen molar-refractivity contribution < 1.29 is 17.9 Å². The van der Waals surface area contributed by atoms with Gasteiger partial charge in [-0.15, -0.1) is 11.3 Å². The summed E-state index contributed by atoms with van der Waals surface area (Å²) in [4.78, 5) is 16.2. The van der Waals surface area contributed by atoms with Gasteiger partial charge in [-0.2, -0.15) is 4.31 Å². The zero-order chi connectivity index (χ0) is 21.7. The van der Waals surface area contributed by atoms with Gasteiger partial charge in [0.05, 0.1) is 35.9 Å². The Bertz CT molecular complexity index is 978. The highest BCUT2D eigenvalue weighted by Crippen LogP contribution is 2.32. The summed E-state index contributed by atoms with van der Waals surface area (Å²) in [6.07, 6.45) is 4.85. The van der Waals surface area contributed by atoms with Gasteiger partial charge in [-0.1, -0.05) is 18.9 Å². The van der Waals surface area contributed by atoms with Crippen molar-refractivity contribution in [3.63, 3.8) is 0 Å². The van der Waals surface area contributed by atoms with Crippen molar-refractivity contribution in [2.75, 3.05) is 49.6 Å². The number of carbonyl (C=O) groups excluding carboxylic acids is 1. The highest BCUT2D eigenvalue weighted by Gasteiger charge is 2.28. The van der Waals surface area contributed by atoms with Gasteiger partial charge in [0.2, 0.25) is 15.9 Å². The lowest BCUT2D eigenvalue weighted by Gasteiger charge is -2.28. The van der Waals surface area contributed by atoms with Gasteiger partial charge in [0.15, 0.2) is 0 Å². The van der Waals surface area contributed by atoms with Crippen LogP contribution in [0.4, 0.5) is 11.4 Å². The molecule has 2 aromatic rings. The molecule has 9 heteroatoms. The molecule has 1 aromatic heterocycles. The van der Waals surface area contributed by atoms with E-state index in [0.29, 0.717) is 32.0 Å². The second-order valence-corrected chi connectivity index (χ2v) is 10.9. The van der Waals surface area contributed by atoms with Crippen LogP contribution in [0.15, 0.2) is 40.6 Å². The number of hydrogen-bond acceptors (Lipinski definition) is 6. The van der Waals surface area contributed by atoms with Gasteiger partial charge >= 0.3 is 0 Å². The summed E-state index contributed by atoms with van der Waals surface area (Å²) in [5, 5.41) is 4.95. The molecule has 2 aliphatic heterocycles. The van der Waals surface area contributed by atoms with E-state index in [9.17, 15) is 13.2 Å². The number of carbonyl (C=O) groups is 1. The van der Waals surface area contributed by atoms with Gasteiger partial charge in [-0.3, -0.25) is 4.79 Å². The number of anilines is 2. The van der Waals surface area contributed by atoms with Gasteiger partial charge in [0.25, 0.3) is 0 Å². The molecule has 2 saturated heterocycles. The summed E-state index contributed by atoms with van der Waals surface area (Å²) in [7, 11) is -3.64. The monoisotopic (exact) mass is 463 g/mol. The summed E-state index contributed by atoms with van der Waals surface area (Å²) < 4.78 is 33.1. The predicted octanol–water partition coefficient (Wildman–Crippen LogP) is 3.33. The van der Waals surface area contributed by atoms with Crippen molar-refractivity contribution in [3.8, 4) is 0 Å². The number of ether oxygens (including phenoxy) is 1. The molecule has 2 aliphatic rings. The fourth-order valence-corrected chi connectivity index (χ4v) is 6.20. The first kappa shape index (κ1) is 22.3. The Kier molecular flexibility index (Phi) is 7.27. The number of amides is 1. The maximum absolute atomic E-state index is 13.2. The quantitative estimate of drug-likeness (QED) is 0.711. The zero-order valence-corrected chi connectivity index (χ0v) is 19.2. The first-order valence-electron chi connectivity index (χ1n) is 10.8. The van der Waals surface area contributed by atoms with E-state index in [-0.39, 0.29) is 17.2 Å². The fourth-order valence-electron chi connectivity index (χ4n) is 4.06. The van der Waals surface area contributed by atoms with Gasteiger partial charge < -0.3 is 15.0 Å². The van der Waals surface area contributed by atoms with E-state index in [2.05, 4.69) is 10.2 Å². The first-order chi connectivity index (χ1) is 15.0. The molecule has 7 nitrogen and oxygen atoms in total. The maximum Gasteiger partial charge on any atom is 0.243 e. The second kappa shape index (κ2) is 10.1. The molecule has 2 fully saturated rings. The molecule has 1 amide bonds. The Morgan fingerprint density at radius 2 is 1.77 bits per heavy atom. The molecule has 0 atom stereocenters. The third-order valence-corrected chi connectivity index (χ3v) is 8.48. The third kappa shape index (κ3) is 5.46. The number of morpholine rings is 1. The average Bonchev–Trinajstić information content (AvgIpc) is 3.13. The fraction of sp³-hybridized carbons (Fsp3) is 0.500. The number of thiophene rings is 1. The Morgan fingerprint density at radius 3 is 2.45 bits per heavy atom. The average molecular weight is 464 g/mol. The van der Waals surface area contributed by atoms with Crippen LogP contribution >= 0.6 is 11.3 Å². The smallest absolute Gasteiger partial charge is 0.243 e. The largest absolute Gasteiger partial charge is 0.379 e. The Morgan fingerprint density at radius 1 is 1.03 bits per heavy atom. The summed E-state index contributed by atoms with van der Waals surface area (Å²) in [5.74, 6) is -0.139. The minimum absolute atomic E-state index is 0.139. The summed E-state index contributed by atoms with van der Waals surface area (Å²) in [6.45, 7) is 3.30. The zero-order valence-electron chi connectivity index (χ0n) is 17.6. The second-order valence-electron chi connectivity index (χ2n) is 7.90. The molecular formula is C22H29N3O4S2. The van der Waals surface area contributed by atoms with E-state index in [1.165, 1.54) is 28.5 Å². The topological polar surface area (TPSA) is 79.0 Å².